The maximum atomic E-state index is 12.5. The number of rotatable bonds is 6. The van der Waals surface area contributed by atoms with Gasteiger partial charge in [-0.3, -0.25) is 14.3 Å². The van der Waals surface area contributed by atoms with Crippen molar-refractivity contribution < 1.29 is 0 Å². The molecule has 1 aliphatic heterocycles. The van der Waals surface area contributed by atoms with E-state index < -0.39 is 0 Å². The summed E-state index contributed by atoms with van der Waals surface area (Å²) in [7, 11) is 2.04. The van der Waals surface area contributed by atoms with Crippen molar-refractivity contribution in [1.29, 1.82) is 0 Å². The molecule has 1 aliphatic rings. The van der Waals surface area contributed by atoms with Crippen LogP contribution >= 0.6 is 0 Å². The number of nitrogens with zero attached hydrogens (tertiary/aromatic N) is 6. The molecule has 7 heteroatoms. The molecule has 4 heterocycles. The summed E-state index contributed by atoms with van der Waals surface area (Å²) in [5.74, 6) is 1.66. The lowest BCUT2D eigenvalue weighted by Crippen LogP contribution is -2.37. The fourth-order valence-electron chi connectivity index (χ4n) is 3.81. The van der Waals surface area contributed by atoms with Gasteiger partial charge in [0.25, 0.3) is 5.56 Å². The topological polar surface area (TPSA) is 68.8 Å². The maximum Gasteiger partial charge on any atom is 0.253 e. The molecule has 0 unspecified atom stereocenters. The second-order valence-electron chi connectivity index (χ2n) is 7.49. The van der Waals surface area contributed by atoms with Gasteiger partial charge in [-0.05, 0) is 44.0 Å². The average Bonchev–Trinajstić information content (AvgIpc) is 3.14. The fourth-order valence-corrected chi connectivity index (χ4v) is 3.81. The van der Waals surface area contributed by atoms with Gasteiger partial charge in [0.2, 0.25) is 0 Å². The summed E-state index contributed by atoms with van der Waals surface area (Å²) in [5.41, 5.74) is 1.63. The van der Waals surface area contributed by atoms with E-state index in [1.807, 2.05) is 31.6 Å². The fraction of sp³-hybridized carbons (Fsp3) is 0.429. The van der Waals surface area contributed by atoms with E-state index in [-0.39, 0.29) is 5.56 Å². The third-order valence-corrected chi connectivity index (χ3v) is 5.59. The molecule has 0 bridgehead atoms. The first-order valence-corrected chi connectivity index (χ1v) is 9.84. The van der Waals surface area contributed by atoms with Crippen LogP contribution in [0.25, 0.3) is 11.3 Å². The van der Waals surface area contributed by atoms with Crippen molar-refractivity contribution in [3.8, 4) is 11.3 Å². The number of imidazole rings is 1. The molecule has 4 rings (SSSR count). The summed E-state index contributed by atoms with van der Waals surface area (Å²) in [6, 6.07) is 5.36. The van der Waals surface area contributed by atoms with Gasteiger partial charge in [0.15, 0.2) is 0 Å². The van der Waals surface area contributed by atoms with Crippen LogP contribution in [-0.2, 0) is 20.0 Å². The number of pyridine rings is 1. The Balaban J connectivity index is 1.30. The second-order valence-corrected chi connectivity index (χ2v) is 7.49. The smallest absolute Gasteiger partial charge is 0.253 e. The zero-order chi connectivity index (χ0) is 19.3. The third-order valence-electron chi connectivity index (χ3n) is 5.59. The number of likely N-dealkylation sites (tertiary alicyclic amines) is 1. The second kappa shape index (κ2) is 8.48. The molecule has 0 saturated carbocycles. The minimum atomic E-state index is 0.0130. The zero-order valence-electron chi connectivity index (χ0n) is 16.2. The first-order valence-electron chi connectivity index (χ1n) is 9.84. The Morgan fingerprint density at radius 3 is 2.57 bits per heavy atom. The summed E-state index contributed by atoms with van der Waals surface area (Å²) < 4.78 is 3.83. The highest BCUT2D eigenvalue weighted by Gasteiger charge is 2.20. The summed E-state index contributed by atoms with van der Waals surface area (Å²) in [4.78, 5) is 27.9. The van der Waals surface area contributed by atoms with Crippen LogP contribution in [0.4, 0.5) is 0 Å². The highest BCUT2D eigenvalue weighted by molar-refractivity contribution is 5.57. The lowest BCUT2D eigenvalue weighted by Gasteiger charge is -2.32. The number of hydrogen-bond acceptors (Lipinski definition) is 5. The summed E-state index contributed by atoms with van der Waals surface area (Å²) in [6.07, 6.45) is 12.2. The Labute approximate surface area is 164 Å². The molecule has 0 aromatic carbocycles. The number of aryl methyl sites for hydroxylation is 1. The van der Waals surface area contributed by atoms with Crippen LogP contribution in [0.1, 0.15) is 18.7 Å². The molecule has 146 valence electrons. The first kappa shape index (κ1) is 18.6. The Bertz CT molecular complexity index is 956. The Hall–Kier alpha value is -2.80. The predicted octanol–water partition coefficient (Wildman–Crippen LogP) is 1.99. The van der Waals surface area contributed by atoms with Crippen LogP contribution in [0.5, 0.6) is 0 Å². The average molecular weight is 378 g/mol. The minimum absolute atomic E-state index is 0.0130. The molecule has 1 fully saturated rings. The van der Waals surface area contributed by atoms with E-state index in [1.165, 1.54) is 0 Å². The van der Waals surface area contributed by atoms with Crippen molar-refractivity contribution in [2.75, 3.05) is 19.6 Å². The molecule has 0 amide bonds. The van der Waals surface area contributed by atoms with Gasteiger partial charge >= 0.3 is 0 Å². The van der Waals surface area contributed by atoms with Crippen LogP contribution in [0.15, 0.2) is 54.1 Å². The van der Waals surface area contributed by atoms with Crippen molar-refractivity contribution in [2.45, 2.75) is 25.8 Å². The van der Waals surface area contributed by atoms with E-state index >= 15 is 0 Å². The minimum Gasteiger partial charge on any atom is -0.338 e. The highest BCUT2D eigenvalue weighted by atomic mass is 16.1. The monoisotopic (exact) mass is 378 g/mol. The number of hydrogen-bond donors (Lipinski definition) is 0. The van der Waals surface area contributed by atoms with E-state index in [1.54, 1.807) is 29.4 Å². The first-order chi connectivity index (χ1) is 13.7. The lowest BCUT2D eigenvalue weighted by molar-refractivity contribution is 0.173. The Kier molecular flexibility index (Phi) is 5.62. The van der Waals surface area contributed by atoms with Crippen LogP contribution in [0.3, 0.4) is 0 Å². The van der Waals surface area contributed by atoms with Gasteiger partial charge in [-0.15, -0.1) is 0 Å². The molecule has 1 saturated heterocycles. The van der Waals surface area contributed by atoms with Crippen LogP contribution in [0.2, 0.25) is 0 Å². The molecule has 0 atom stereocenters. The van der Waals surface area contributed by atoms with E-state index in [2.05, 4.69) is 24.4 Å². The molecule has 3 aromatic heterocycles. The normalized spacial score (nSPS) is 15.8. The Morgan fingerprint density at radius 2 is 1.89 bits per heavy atom. The van der Waals surface area contributed by atoms with Gasteiger partial charge in [0.1, 0.15) is 5.82 Å². The van der Waals surface area contributed by atoms with E-state index in [4.69, 9.17) is 0 Å². The van der Waals surface area contributed by atoms with Gasteiger partial charge in [0.05, 0.1) is 12.0 Å². The molecular formula is C21H26N6O. The third kappa shape index (κ3) is 4.36. The summed E-state index contributed by atoms with van der Waals surface area (Å²) in [5, 5.41) is 0. The van der Waals surface area contributed by atoms with E-state index in [0.29, 0.717) is 11.6 Å². The van der Waals surface area contributed by atoms with Gasteiger partial charge in [-0.1, -0.05) is 0 Å². The standard InChI is InChI=1S/C21H26N6O/c1-25-13-9-23-20(25)6-12-26-10-4-17(5-11-26)15-27-16-24-19(14-21(27)28)18-2-7-22-8-3-18/h2-3,7-9,13-14,16-17H,4-6,10-12,15H2,1H3. The molecule has 0 radical (unpaired) electrons. The quantitative estimate of drug-likeness (QED) is 0.656. The number of aromatic nitrogens is 5. The lowest BCUT2D eigenvalue weighted by atomic mass is 9.96. The zero-order valence-corrected chi connectivity index (χ0v) is 16.2. The van der Waals surface area contributed by atoms with E-state index in [9.17, 15) is 4.79 Å². The van der Waals surface area contributed by atoms with Crippen molar-refractivity contribution in [3.05, 3.63) is 65.5 Å². The molecule has 28 heavy (non-hydrogen) atoms. The molecule has 0 N–H and O–H groups in total. The summed E-state index contributed by atoms with van der Waals surface area (Å²) >= 11 is 0. The predicted molar refractivity (Wildman–Crippen MR) is 108 cm³/mol. The molecular weight excluding hydrogens is 352 g/mol. The van der Waals surface area contributed by atoms with Crippen molar-refractivity contribution in [3.63, 3.8) is 0 Å². The van der Waals surface area contributed by atoms with E-state index in [0.717, 1.165) is 56.8 Å². The van der Waals surface area contributed by atoms with Crippen LogP contribution < -0.4 is 5.56 Å². The maximum absolute atomic E-state index is 12.5. The molecule has 3 aromatic rings. The van der Waals surface area contributed by atoms with Crippen molar-refractivity contribution >= 4 is 0 Å². The van der Waals surface area contributed by atoms with Gasteiger partial charge in [0, 0.05) is 63.0 Å². The van der Waals surface area contributed by atoms with Gasteiger partial charge in [-0.25, -0.2) is 9.97 Å². The van der Waals surface area contributed by atoms with Gasteiger partial charge in [-0.2, -0.15) is 0 Å². The van der Waals surface area contributed by atoms with Gasteiger partial charge < -0.3 is 9.47 Å². The highest BCUT2D eigenvalue weighted by Crippen LogP contribution is 2.19. The molecule has 0 aliphatic carbocycles. The molecule has 7 nitrogen and oxygen atoms in total. The largest absolute Gasteiger partial charge is 0.338 e. The van der Waals surface area contributed by atoms with Crippen LogP contribution in [0, 0.1) is 5.92 Å². The molecule has 0 spiro atoms. The van der Waals surface area contributed by atoms with Crippen molar-refractivity contribution in [2.24, 2.45) is 13.0 Å². The Morgan fingerprint density at radius 1 is 1.11 bits per heavy atom. The van der Waals surface area contributed by atoms with Crippen molar-refractivity contribution in [1.82, 2.24) is 29.0 Å². The van der Waals surface area contributed by atoms with Crippen LogP contribution in [-0.4, -0.2) is 48.6 Å². The summed E-state index contributed by atoms with van der Waals surface area (Å²) in [6.45, 7) is 3.94. The number of piperidine rings is 1. The SMILES string of the molecule is Cn1ccnc1CCN1CCC(Cn2cnc(-c3ccncc3)cc2=O)CC1.